The van der Waals surface area contributed by atoms with E-state index in [1.807, 2.05) is 24.3 Å². The third-order valence-electron chi connectivity index (χ3n) is 10.8. The first-order chi connectivity index (χ1) is 30.9. The van der Waals surface area contributed by atoms with Crippen LogP contribution in [-0.4, -0.2) is 123 Å². The Balaban J connectivity index is 0.847. The maximum Gasteiger partial charge on any atom is 0.271 e. The molecule has 0 spiro atoms. The first kappa shape index (κ1) is 44.6. The summed E-state index contributed by atoms with van der Waals surface area (Å²) in [5.41, 5.74) is 15.3. The number of nitrogens with zero attached hydrogens (tertiary/aromatic N) is 7. The molecule has 2 unspecified atom stereocenters. The summed E-state index contributed by atoms with van der Waals surface area (Å²) in [5, 5.41) is 12.2. The van der Waals surface area contributed by atoms with Crippen molar-refractivity contribution in [2.75, 3.05) is 63.7 Å². The van der Waals surface area contributed by atoms with Gasteiger partial charge in [-0.05, 0) is 61.7 Å². The molecule has 5 amide bonds. The van der Waals surface area contributed by atoms with Crippen LogP contribution in [0.25, 0.3) is 22.3 Å². The van der Waals surface area contributed by atoms with E-state index < -0.39 is 29.7 Å². The molecule has 0 saturated carbocycles. The van der Waals surface area contributed by atoms with Gasteiger partial charge in [0.25, 0.3) is 17.7 Å². The van der Waals surface area contributed by atoms with Gasteiger partial charge in [0.1, 0.15) is 41.1 Å². The largest absolute Gasteiger partial charge is 0.458 e. The van der Waals surface area contributed by atoms with E-state index in [1.165, 1.54) is 23.6 Å². The summed E-state index contributed by atoms with van der Waals surface area (Å²) in [4.78, 5) is 75.2. The molecule has 2 atom stereocenters. The second kappa shape index (κ2) is 20.2. The lowest BCUT2D eigenvalue weighted by atomic mass is 10.0. The number of allylic oxidation sites excluding steroid dienone is 3. The Kier molecular flexibility index (Phi) is 14.1. The molecule has 0 radical (unpaired) electrons. The summed E-state index contributed by atoms with van der Waals surface area (Å²) in [6, 6.07) is 10.9. The fourth-order valence-corrected chi connectivity index (χ4v) is 7.73. The Morgan fingerprint density at radius 2 is 1.80 bits per heavy atom. The standard InChI is InChI=1S/C44H50N12O8/c1-3-4-7-27(2)64-30-13-11-28(12-14-30)38-37-39(46)49-26-50-40(37)56(52-38)29-8-6-18-53(24-29)43(60)32(45)25-54(47)19-21-63-23-22-62-20-17-48-33-10-5-9-31-36(33)44(61)55(42(31)59)34-15-16-35(57)51-41(34)58/h3-5,7,9-14,25-26,29,34,48H,1-2,6,8,15-24,45,47H2,(H2,46,49,50)(H,51,57,58)/b7-4-,32-25-. The quantitative estimate of drug-likeness (QED) is 0.0172. The smallest absolute Gasteiger partial charge is 0.271 e. The second-order valence-electron chi connectivity index (χ2n) is 15.1. The molecule has 5 heterocycles. The van der Waals surface area contributed by atoms with Crippen molar-refractivity contribution in [3.05, 3.63) is 109 Å². The van der Waals surface area contributed by atoms with Crippen LogP contribution in [-0.2, 0) is 23.9 Å². The van der Waals surface area contributed by atoms with Gasteiger partial charge in [-0.3, -0.25) is 34.2 Å². The number of fused-ring (bicyclic) bond motifs is 2. The van der Waals surface area contributed by atoms with E-state index in [0.29, 0.717) is 60.0 Å². The summed E-state index contributed by atoms with van der Waals surface area (Å²) in [7, 11) is 0. The number of carbonyl (C=O) groups is 5. The summed E-state index contributed by atoms with van der Waals surface area (Å²) >= 11 is 0. The van der Waals surface area contributed by atoms with Gasteiger partial charge in [0.05, 0.1) is 55.5 Å². The van der Waals surface area contributed by atoms with Crippen LogP contribution in [0.5, 0.6) is 5.75 Å². The molecule has 64 heavy (non-hydrogen) atoms. The van der Waals surface area contributed by atoms with E-state index in [0.717, 1.165) is 16.9 Å². The summed E-state index contributed by atoms with van der Waals surface area (Å²) < 4.78 is 18.9. The first-order valence-electron chi connectivity index (χ1n) is 20.7. The molecule has 3 aliphatic rings. The normalized spacial score (nSPS) is 17.8. The third kappa shape index (κ3) is 9.94. The zero-order chi connectivity index (χ0) is 45.3. The molecule has 2 fully saturated rings. The van der Waals surface area contributed by atoms with Crippen LogP contribution in [0, 0.1) is 0 Å². The number of hydrogen-bond acceptors (Lipinski definition) is 16. The van der Waals surface area contributed by atoms with Gasteiger partial charge >= 0.3 is 0 Å². The van der Waals surface area contributed by atoms with Gasteiger partial charge < -0.3 is 40.9 Å². The number of carbonyl (C=O) groups excluding carboxylic acids is 5. The Morgan fingerprint density at radius 3 is 2.56 bits per heavy atom. The zero-order valence-corrected chi connectivity index (χ0v) is 35.1. The molecule has 4 aromatic rings. The number of hydrazine groups is 1. The number of imide groups is 2. The predicted octanol–water partition coefficient (Wildman–Crippen LogP) is 2.40. The third-order valence-corrected chi connectivity index (χ3v) is 10.8. The lowest BCUT2D eigenvalue weighted by Gasteiger charge is -2.33. The lowest BCUT2D eigenvalue weighted by molar-refractivity contribution is -0.136. The van der Waals surface area contributed by atoms with E-state index in [4.69, 9.17) is 36.6 Å². The molecule has 3 aliphatic heterocycles. The fourth-order valence-electron chi connectivity index (χ4n) is 7.73. The molecule has 8 N–H and O–H groups in total. The molecular formula is C44H50N12O8. The Bertz CT molecular complexity index is 2520. The molecule has 0 bridgehead atoms. The number of ether oxygens (including phenoxy) is 3. The number of aromatic nitrogens is 4. The average Bonchev–Trinajstić information content (AvgIpc) is 3.80. The topological polar surface area (TPSA) is 268 Å². The number of anilines is 2. The van der Waals surface area contributed by atoms with E-state index in [2.05, 4.69) is 33.8 Å². The van der Waals surface area contributed by atoms with Crippen LogP contribution in [0.3, 0.4) is 0 Å². The van der Waals surface area contributed by atoms with E-state index in [9.17, 15) is 24.0 Å². The second-order valence-corrected chi connectivity index (χ2v) is 15.1. The molecule has 2 aromatic carbocycles. The van der Waals surface area contributed by atoms with Gasteiger partial charge in [0, 0.05) is 43.5 Å². The molecule has 2 aromatic heterocycles. The number of piperidine rings is 2. The van der Waals surface area contributed by atoms with Crippen molar-refractivity contribution in [2.24, 2.45) is 11.6 Å². The van der Waals surface area contributed by atoms with Crippen molar-refractivity contribution in [1.82, 2.24) is 39.9 Å². The summed E-state index contributed by atoms with van der Waals surface area (Å²) in [6.45, 7) is 9.97. The van der Waals surface area contributed by atoms with Crippen molar-refractivity contribution in [2.45, 2.75) is 37.8 Å². The zero-order valence-electron chi connectivity index (χ0n) is 35.1. The first-order valence-corrected chi connectivity index (χ1v) is 20.7. The van der Waals surface area contributed by atoms with E-state index >= 15 is 0 Å². The minimum absolute atomic E-state index is 0.0275. The number of nitrogen functional groups attached to an aromatic ring is 1. The molecule has 2 saturated heterocycles. The van der Waals surface area contributed by atoms with Crippen LogP contribution < -0.4 is 32.7 Å². The monoisotopic (exact) mass is 874 g/mol. The van der Waals surface area contributed by atoms with E-state index in [-0.39, 0.29) is 80.4 Å². The molecular weight excluding hydrogens is 825 g/mol. The highest BCUT2D eigenvalue weighted by Gasteiger charge is 2.45. The van der Waals surface area contributed by atoms with Crippen LogP contribution >= 0.6 is 0 Å². The van der Waals surface area contributed by atoms with Crippen molar-refractivity contribution < 1.29 is 38.2 Å². The Morgan fingerprint density at radius 1 is 1.02 bits per heavy atom. The number of amides is 5. The van der Waals surface area contributed by atoms with Gasteiger partial charge in [-0.15, -0.1) is 0 Å². The molecule has 20 nitrogen and oxygen atoms in total. The minimum Gasteiger partial charge on any atom is -0.458 e. The van der Waals surface area contributed by atoms with E-state index in [1.54, 1.807) is 39.9 Å². The van der Waals surface area contributed by atoms with Gasteiger partial charge in [-0.2, -0.15) is 5.10 Å². The van der Waals surface area contributed by atoms with Crippen molar-refractivity contribution >= 4 is 52.1 Å². The molecule has 20 heteroatoms. The van der Waals surface area contributed by atoms with Crippen LogP contribution in [0.15, 0.2) is 97.8 Å². The van der Waals surface area contributed by atoms with Crippen molar-refractivity contribution in [3.8, 4) is 17.0 Å². The summed E-state index contributed by atoms with van der Waals surface area (Å²) in [6.07, 6.45) is 9.42. The highest BCUT2D eigenvalue weighted by Crippen LogP contribution is 2.35. The minimum atomic E-state index is -1.05. The molecule has 7 rings (SSSR count). The summed E-state index contributed by atoms with van der Waals surface area (Å²) in [5.74, 6) is 4.85. The fraction of sp³-hybridized carbons (Fsp3) is 0.318. The number of hydrogen-bond donors (Lipinski definition) is 5. The SMILES string of the molecule is C=C/C=C\C(=C)Oc1ccc(-c2nn(C3CCCN(C(=O)/C(N)=C/N(N)CCOCCOCCNc4cccc5c4C(=O)N(C4CCC(=O)NC4=O)C5=O)C3)c3ncnc(N)c23)cc1. The van der Waals surface area contributed by atoms with Gasteiger partial charge in [-0.1, -0.05) is 31.4 Å². The number of benzene rings is 2. The maximum absolute atomic E-state index is 13.5. The van der Waals surface area contributed by atoms with Crippen LogP contribution in [0.2, 0.25) is 0 Å². The maximum atomic E-state index is 13.5. The highest BCUT2D eigenvalue weighted by molar-refractivity contribution is 6.25. The van der Waals surface area contributed by atoms with Crippen molar-refractivity contribution in [1.29, 1.82) is 0 Å². The predicted molar refractivity (Wildman–Crippen MR) is 236 cm³/mol. The average molecular weight is 875 g/mol. The molecule has 0 aliphatic carbocycles. The van der Waals surface area contributed by atoms with Crippen molar-refractivity contribution in [3.63, 3.8) is 0 Å². The van der Waals surface area contributed by atoms with Gasteiger partial charge in [0.15, 0.2) is 5.65 Å². The Labute approximate surface area is 368 Å². The van der Waals surface area contributed by atoms with Gasteiger partial charge in [-0.25, -0.2) is 20.5 Å². The van der Waals surface area contributed by atoms with Crippen LogP contribution in [0.1, 0.15) is 52.4 Å². The number of likely N-dealkylation sites (tertiary alicyclic amines) is 1. The van der Waals surface area contributed by atoms with Crippen LogP contribution in [0.4, 0.5) is 11.5 Å². The number of nitrogens with one attached hydrogen (secondary N) is 2. The number of nitrogens with two attached hydrogens (primary N) is 3. The number of rotatable bonds is 19. The lowest BCUT2D eigenvalue weighted by Crippen LogP contribution is -2.54. The van der Waals surface area contributed by atoms with Gasteiger partial charge in [0.2, 0.25) is 11.8 Å². The highest BCUT2D eigenvalue weighted by atomic mass is 16.5. The Hall–Kier alpha value is -7.42. The molecule has 334 valence electrons.